The first-order chi connectivity index (χ1) is 4.45. The van der Waals surface area contributed by atoms with E-state index in [4.69, 9.17) is 0 Å². The van der Waals surface area contributed by atoms with E-state index in [1.165, 1.54) is 11.3 Å². The van der Waals surface area contributed by atoms with Gasteiger partial charge in [0.15, 0.2) is 0 Å². The van der Waals surface area contributed by atoms with Gasteiger partial charge in [-0.15, -0.1) is 0 Å². The number of rotatable bonds is 0. The van der Waals surface area contributed by atoms with Gasteiger partial charge in [0.1, 0.15) is 0 Å². The van der Waals surface area contributed by atoms with E-state index in [0.29, 0.717) is 0 Å². The molecule has 1 aromatic rings. The molecule has 2 rings (SSSR count). The summed E-state index contributed by atoms with van der Waals surface area (Å²) >= 11 is 0. The Morgan fingerprint density at radius 1 is 1.22 bits per heavy atom. The Balaban J connectivity index is 2.64. The molecule has 0 fully saturated rings. The van der Waals surface area contributed by atoms with Gasteiger partial charge in [0.2, 0.25) is 0 Å². The van der Waals surface area contributed by atoms with Crippen molar-refractivity contribution in [1.29, 1.82) is 0 Å². The maximum absolute atomic E-state index is 3.10. The first-order valence-electron chi connectivity index (χ1n) is 2.98. The molecule has 0 aliphatic carbocycles. The molecule has 1 aliphatic rings. The van der Waals surface area contributed by atoms with Crippen LogP contribution < -0.4 is 5.32 Å². The van der Waals surface area contributed by atoms with E-state index in [-0.39, 0.29) is 0 Å². The van der Waals surface area contributed by atoms with Crippen molar-refractivity contribution >= 4 is 11.8 Å². The molecule has 0 unspecified atom stereocenters. The smallest absolute Gasteiger partial charge is 0.0385 e. The topological polar surface area (TPSA) is 12.0 Å². The molecule has 0 radical (unpaired) electrons. The largest absolute Gasteiger partial charge is 0.362 e. The lowest BCUT2D eigenvalue weighted by Crippen LogP contribution is -1.91. The average molecular weight is 117 g/mol. The number of fused-ring (bicyclic) bond motifs is 2. The van der Waals surface area contributed by atoms with Crippen molar-refractivity contribution in [2.24, 2.45) is 0 Å². The highest BCUT2D eigenvalue weighted by molar-refractivity contribution is 5.64. The predicted octanol–water partition coefficient (Wildman–Crippen LogP) is 2.08. The van der Waals surface area contributed by atoms with Crippen molar-refractivity contribution in [2.75, 3.05) is 5.32 Å². The third-order valence-corrected chi connectivity index (χ3v) is 1.41. The lowest BCUT2D eigenvalue weighted by molar-refractivity contribution is 1.53. The lowest BCUT2D eigenvalue weighted by Gasteiger charge is -2.06. The molecule has 0 aromatic heterocycles. The van der Waals surface area contributed by atoms with E-state index >= 15 is 0 Å². The van der Waals surface area contributed by atoms with Gasteiger partial charge in [-0.3, -0.25) is 0 Å². The fourth-order valence-electron chi connectivity index (χ4n) is 0.966. The first-order valence-corrected chi connectivity index (χ1v) is 2.98. The molecule has 0 spiro atoms. The maximum atomic E-state index is 3.10. The Hall–Kier alpha value is -1.24. The van der Waals surface area contributed by atoms with Crippen LogP contribution >= 0.6 is 0 Å². The number of hydrogen-bond acceptors (Lipinski definition) is 1. The SMILES string of the molecule is C1=Cc2cccc(c2)N1. The Labute approximate surface area is 54.0 Å². The summed E-state index contributed by atoms with van der Waals surface area (Å²) < 4.78 is 0. The Morgan fingerprint density at radius 2 is 2.22 bits per heavy atom. The van der Waals surface area contributed by atoms with Crippen LogP contribution in [0.3, 0.4) is 0 Å². The van der Waals surface area contributed by atoms with Crippen LogP contribution in [0.4, 0.5) is 5.69 Å². The molecule has 0 atom stereocenters. The monoisotopic (exact) mass is 117 g/mol. The fourth-order valence-corrected chi connectivity index (χ4v) is 0.966. The van der Waals surface area contributed by atoms with Crippen molar-refractivity contribution < 1.29 is 0 Å². The van der Waals surface area contributed by atoms with Crippen LogP contribution in [0, 0.1) is 0 Å². The van der Waals surface area contributed by atoms with Crippen molar-refractivity contribution in [2.45, 2.75) is 0 Å². The van der Waals surface area contributed by atoms with E-state index in [1.807, 2.05) is 24.4 Å². The molecule has 1 nitrogen and oxygen atoms in total. The van der Waals surface area contributed by atoms with Crippen LogP contribution in [0.2, 0.25) is 0 Å². The van der Waals surface area contributed by atoms with Crippen molar-refractivity contribution in [3.8, 4) is 0 Å². The van der Waals surface area contributed by atoms with Gasteiger partial charge in [0.25, 0.3) is 0 Å². The third kappa shape index (κ3) is 0.703. The average Bonchev–Trinajstić information content (AvgIpc) is 1.88. The number of hydrogen-bond donors (Lipinski definition) is 1. The Morgan fingerprint density at radius 3 is 3.00 bits per heavy atom. The van der Waals surface area contributed by atoms with E-state index < -0.39 is 0 Å². The highest BCUT2D eigenvalue weighted by Gasteiger charge is 1.93. The Bertz CT molecular complexity index is 250. The molecule has 1 aromatic carbocycles. The van der Waals surface area contributed by atoms with Gasteiger partial charge >= 0.3 is 0 Å². The quantitative estimate of drug-likeness (QED) is 0.548. The summed E-state index contributed by atoms with van der Waals surface area (Å²) in [5.74, 6) is 0. The summed E-state index contributed by atoms with van der Waals surface area (Å²) in [6, 6.07) is 8.29. The molecule has 1 heterocycles. The zero-order chi connectivity index (χ0) is 6.10. The summed E-state index contributed by atoms with van der Waals surface area (Å²) in [7, 11) is 0. The normalized spacial score (nSPS) is 12.9. The minimum Gasteiger partial charge on any atom is -0.362 e. The molecule has 0 amide bonds. The van der Waals surface area contributed by atoms with E-state index in [0.717, 1.165) is 0 Å². The summed E-state index contributed by atoms with van der Waals surface area (Å²) in [6.45, 7) is 0. The zero-order valence-electron chi connectivity index (χ0n) is 4.96. The highest BCUT2D eigenvalue weighted by atomic mass is 14.8. The standard InChI is InChI=1S/C8H7N/c1-2-7-4-5-9-8(3-1)6-7/h1-6,9H. The van der Waals surface area contributed by atoms with Crippen molar-refractivity contribution in [1.82, 2.24) is 0 Å². The summed E-state index contributed by atoms with van der Waals surface area (Å²) in [5.41, 5.74) is 2.45. The summed E-state index contributed by atoms with van der Waals surface area (Å²) in [5, 5.41) is 3.10. The molecule has 0 saturated carbocycles. The summed E-state index contributed by atoms with van der Waals surface area (Å²) in [4.78, 5) is 0. The number of benzene rings is 1. The second-order valence-corrected chi connectivity index (χ2v) is 2.10. The predicted molar refractivity (Wildman–Crippen MR) is 39.1 cm³/mol. The van der Waals surface area contributed by atoms with E-state index in [1.54, 1.807) is 0 Å². The fraction of sp³-hybridized carbons (Fsp3) is 0. The van der Waals surface area contributed by atoms with E-state index in [9.17, 15) is 0 Å². The molecule has 9 heavy (non-hydrogen) atoms. The molecular weight excluding hydrogens is 110 g/mol. The highest BCUT2D eigenvalue weighted by Crippen LogP contribution is 2.15. The van der Waals surface area contributed by atoms with Gasteiger partial charge in [0.05, 0.1) is 0 Å². The molecule has 1 N–H and O–H groups in total. The van der Waals surface area contributed by atoms with Gasteiger partial charge in [0, 0.05) is 11.9 Å². The molecular formula is C8H7N. The molecule has 2 bridgehead atoms. The van der Waals surface area contributed by atoms with Gasteiger partial charge in [-0.25, -0.2) is 0 Å². The van der Waals surface area contributed by atoms with Gasteiger partial charge in [-0.1, -0.05) is 12.1 Å². The van der Waals surface area contributed by atoms with Crippen LogP contribution in [0.5, 0.6) is 0 Å². The van der Waals surface area contributed by atoms with Gasteiger partial charge < -0.3 is 5.32 Å². The molecule has 0 saturated heterocycles. The number of nitrogens with one attached hydrogen (secondary N) is 1. The van der Waals surface area contributed by atoms with Gasteiger partial charge in [-0.2, -0.15) is 0 Å². The lowest BCUT2D eigenvalue weighted by atomic mass is 10.1. The Kier molecular flexibility index (Phi) is 0.833. The molecule has 44 valence electrons. The number of anilines is 1. The van der Waals surface area contributed by atoms with Crippen LogP contribution in [0.1, 0.15) is 5.56 Å². The van der Waals surface area contributed by atoms with Crippen molar-refractivity contribution in [3.63, 3.8) is 0 Å². The van der Waals surface area contributed by atoms with E-state index in [2.05, 4.69) is 17.4 Å². The minimum absolute atomic E-state index is 1.18. The minimum atomic E-state index is 1.18. The van der Waals surface area contributed by atoms with Crippen LogP contribution in [-0.2, 0) is 0 Å². The van der Waals surface area contributed by atoms with Crippen molar-refractivity contribution in [3.05, 3.63) is 36.0 Å². The molecule has 1 heteroatoms. The second-order valence-electron chi connectivity index (χ2n) is 2.10. The zero-order valence-corrected chi connectivity index (χ0v) is 4.96. The second kappa shape index (κ2) is 1.62. The third-order valence-electron chi connectivity index (χ3n) is 1.41. The molecule has 1 aliphatic heterocycles. The van der Waals surface area contributed by atoms with Crippen LogP contribution in [-0.4, -0.2) is 0 Å². The summed E-state index contributed by atoms with van der Waals surface area (Å²) in [6.07, 6.45) is 4.00. The first kappa shape index (κ1) is 4.62. The van der Waals surface area contributed by atoms with Crippen LogP contribution in [0.25, 0.3) is 6.08 Å². The maximum Gasteiger partial charge on any atom is 0.0385 e. The van der Waals surface area contributed by atoms with Gasteiger partial charge in [-0.05, 0) is 23.8 Å². The van der Waals surface area contributed by atoms with Crippen LogP contribution in [0.15, 0.2) is 30.5 Å².